The van der Waals surface area contributed by atoms with Crippen molar-refractivity contribution in [2.24, 2.45) is 10.7 Å². The summed E-state index contributed by atoms with van der Waals surface area (Å²) < 4.78 is 5.51. The third kappa shape index (κ3) is 4.59. The van der Waals surface area contributed by atoms with E-state index in [4.69, 9.17) is 10.5 Å². The topological polar surface area (TPSA) is 63.7 Å². The standard InChI is InChI=1S/C14H22N4OS/c1-11(2)19-13-4-3-12(9-16-13)10-17-14(15)18-5-7-20-8-6-18/h3-4,9,11H,5-8,10H2,1-2H3,(H2,15,17). The summed E-state index contributed by atoms with van der Waals surface area (Å²) in [4.78, 5) is 10.8. The van der Waals surface area contributed by atoms with Crippen molar-refractivity contribution in [1.82, 2.24) is 9.88 Å². The second-order valence-electron chi connectivity index (χ2n) is 4.95. The minimum Gasteiger partial charge on any atom is -0.475 e. The number of hydrogen-bond donors (Lipinski definition) is 1. The Morgan fingerprint density at radius 3 is 2.80 bits per heavy atom. The Kier molecular flexibility index (Phi) is 5.52. The molecule has 110 valence electrons. The smallest absolute Gasteiger partial charge is 0.213 e. The molecule has 2 N–H and O–H groups in total. The van der Waals surface area contributed by atoms with Crippen molar-refractivity contribution >= 4 is 17.7 Å². The predicted octanol–water partition coefficient (Wildman–Crippen LogP) is 1.73. The van der Waals surface area contributed by atoms with Gasteiger partial charge in [-0.1, -0.05) is 6.07 Å². The van der Waals surface area contributed by atoms with Crippen LogP contribution in [0.25, 0.3) is 0 Å². The lowest BCUT2D eigenvalue weighted by Crippen LogP contribution is -2.42. The summed E-state index contributed by atoms with van der Waals surface area (Å²) in [6.45, 7) is 6.50. The minimum absolute atomic E-state index is 0.138. The average Bonchev–Trinajstić information content (AvgIpc) is 2.46. The van der Waals surface area contributed by atoms with Gasteiger partial charge in [0, 0.05) is 36.9 Å². The van der Waals surface area contributed by atoms with E-state index in [1.54, 1.807) is 6.20 Å². The summed E-state index contributed by atoms with van der Waals surface area (Å²) in [5, 5.41) is 0. The molecule has 0 bridgehead atoms. The first kappa shape index (κ1) is 15.0. The highest BCUT2D eigenvalue weighted by atomic mass is 32.2. The Balaban J connectivity index is 1.89. The fraction of sp³-hybridized carbons (Fsp3) is 0.571. The largest absolute Gasteiger partial charge is 0.475 e. The molecule has 1 aromatic heterocycles. The monoisotopic (exact) mass is 294 g/mol. The molecule has 0 amide bonds. The van der Waals surface area contributed by atoms with Crippen LogP contribution in [0.4, 0.5) is 0 Å². The number of aromatic nitrogens is 1. The van der Waals surface area contributed by atoms with Crippen LogP contribution in [0.3, 0.4) is 0 Å². The highest BCUT2D eigenvalue weighted by Gasteiger charge is 2.11. The third-order valence-corrected chi connectivity index (χ3v) is 3.86. The van der Waals surface area contributed by atoms with Crippen LogP contribution in [-0.4, -0.2) is 46.5 Å². The van der Waals surface area contributed by atoms with Gasteiger partial charge < -0.3 is 15.4 Å². The Labute approximate surface area is 124 Å². The molecule has 1 aliphatic heterocycles. The number of hydrogen-bond acceptors (Lipinski definition) is 4. The van der Waals surface area contributed by atoms with Crippen LogP contribution >= 0.6 is 11.8 Å². The Morgan fingerprint density at radius 2 is 2.20 bits per heavy atom. The van der Waals surface area contributed by atoms with E-state index in [1.807, 2.05) is 37.7 Å². The van der Waals surface area contributed by atoms with Gasteiger partial charge in [0.1, 0.15) is 0 Å². The van der Waals surface area contributed by atoms with Crippen molar-refractivity contribution in [3.63, 3.8) is 0 Å². The zero-order valence-corrected chi connectivity index (χ0v) is 12.9. The lowest BCUT2D eigenvalue weighted by Gasteiger charge is -2.27. The van der Waals surface area contributed by atoms with E-state index in [0.717, 1.165) is 30.2 Å². The number of aliphatic imine (C=N–C) groups is 1. The van der Waals surface area contributed by atoms with Crippen LogP contribution in [0, 0.1) is 0 Å². The molecule has 1 aliphatic rings. The number of rotatable bonds is 4. The SMILES string of the molecule is CC(C)Oc1ccc(CN=C(N)N2CCSCC2)cn1. The lowest BCUT2D eigenvalue weighted by atomic mass is 10.3. The minimum atomic E-state index is 0.138. The van der Waals surface area contributed by atoms with Gasteiger partial charge in [-0.15, -0.1) is 0 Å². The van der Waals surface area contributed by atoms with E-state index in [0.29, 0.717) is 18.4 Å². The molecule has 0 radical (unpaired) electrons. The van der Waals surface area contributed by atoms with Gasteiger partial charge in [0.2, 0.25) is 5.88 Å². The lowest BCUT2D eigenvalue weighted by molar-refractivity contribution is 0.232. The van der Waals surface area contributed by atoms with Gasteiger partial charge in [-0.05, 0) is 19.4 Å². The molecule has 0 atom stereocenters. The third-order valence-electron chi connectivity index (χ3n) is 2.91. The van der Waals surface area contributed by atoms with Gasteiger partial charge >= 0.3 is 0 Å². The molecular formula is C14H22N4OS. The van der Waals surface area contributed by atoms with E-state index < -0.39 is 0 Å². The number of thioether (sulfide) groups is 1. The summed E-state index contributed by atoms with van der Waals surface area (Å²) >= 11 is 1.96. The molecule has 1 aromatic rings. The molecule has 2 heterocycles. The zero-order chi connectivity index (χ0) is 14.4. The number of guanidine groups is 1. The summed E-state index contributed by atoms with van der Waals surface area (Å²) in [5.41, 5.74) is 7.05. The fourth-order valence-electron chi connectivity index (χ4n) is 1.88. The van der Waals surface area contributed by atoms with Gasteiger partial charge in [-0.2, -0.15) is 11.8 Å². The summed E-state index contributed by atoms with van der Waals surface area (Å²) in [5.74, 6) is 3.53. The Morgan fingerprint density at radius 1 is 1.45 bits per heavy atom. The van der Waals surface area contributed by atoms with Gasteiger partial charge in [0.15, 0.2) is 5.96 Å². The average molecular weight is 294 g/mol. The van der Waals surface area contributed by atoms with Gasteiger partial charge in [-0.3, -0.25) is 0 Å². The van der Waals surface area contributed by atoms with E-state index in [2.05, 4.69) is 14.9 Å². The van der Waals surface area contributed by atoms with Crippen molar-refractivity contribution < 1.29 is 4.74 Å². The molecule has 2 rings (SSSR count). The van der Waals surface area contributed by atoms with Crippen LogP contribution in [0.2, 0.25) is 0 Å². The van der Waals surface area contributed by atoms with Crippen molar-refractivity contribution in [3.8, 4) is 5.88 Å². The molecule has 20 heavy (non-hydrogen) atoms. The van der Waals surface area contributed by atoms with Crippen LogP contribution < -0.4 is 10.5 Å². The second-order valence-corrected chi connectivity index (χ2v) is 6.17. The number of nitrogens with zero attached hydrogens (tertiary/aromatic N) is 3. The van der Waals surface area contributed by atoms with E-state index in [1.165, 1.54) is 0 Å². The summed E-state index contributed by atoms with van der Waals surface area (Å²) in [6, 6.07) is 3.85. The first-order chi connectivity index (χ1) is 9.65. The molecule has 0 aromatic carbocycles. The van der Waals surface area contributed by atoms with Crippen LogP contribution in [0.5, 0.6) is 5.88 Å². The first-order valence-electron chi connectivity index (χ1n) is 6.89. The highest BCUT2D eigenvalue weighted by Crippen LogP contribution is 2.11. The molecule has 0 unspecified atom stereocenters. The maximum absolute atomic E-state index is 6.01. The van der Waals surface area contributed by atoms with E-state index in [-0.39, 0.29) is 6.10 Å². The number of nitrogens with two attached hydrogens (primary N) is 1. The molecular weight excluding hydrogens is 272 g/mol. The van der Waals surface area contributed by atoms with Crippen molar-refractivity contribution in [2.75, 3.05) is 24.6 Å². The van der Waals surface area contributed by atoms with Crippen LogP contribution in [-0.2, 0) is 6.54 Å². The van der Waals surface area contributed by atoms with E-state index in [9.17, 15) is 0 Å². The molecule has 6 heteroatoms. The normalized spacial score (nSPS) is 16.6. The Bertz CT molecular complexity index is 441. The number of ether oxygens (including phenoxy) is 1. The maximum Gasteiger partial charge on any atom is 0.213 e. The fourth-order valence-corrected chi connectivity index (χ4v) is 2.78. The van der Waals surface area contributed by atoms with Gasteiger partial charge in [0.25, 0.3) is 0 Å². The Hall–Kier alpha value is -1.43. The summed E-state index contributed by atoms with van der Waals surface area (Å²) in [6.07, 6.45) is 1.93. The summed E-state index contributed by atoms with van der Waals surface area (Å²) in [7, 11) is 0. The molecule has 1 saturated heterocycles. The zero-order valence-electron chi connectivity index (χ0n) is 12.1. The quantitative estimate of drug-likeness (QED) is 0.677. The second kappa shape index (κ2) is 7.38. The molecule has 0 spiro atoms. The molecule has 5 nitrogen and oxygen atoms in total. The first-order valence-corrected chi connectivity index (χ1v) is 8.05. The molecule has 1 fully saturated rings. The molecule has 0 saturated carbocycles. The van der Waals surface area contributed by atoms with Crippen LogP contribution in [0.15, 0.2) is 23.3 Å². The highest BCUT2D eigenvalue weighted by molar-refractivity contribution is 7.99. The predicted molar refractivity (Wildman–Crippen MR) is 84.2 cm³/mol. The number of pyridine rings is 1. The van der Waals surface area contributed by atoms with Crippen molar-refractivity contribution in [3.05, 3.63) is 23.9 Å². The maximum atomic E-state index is 6.01. The van der Waals surface area contributed by atoms with Crippen molar-refractivity contribution in [2.45, 2.75) is 26.5 Å². The molecule has 0 aliphatic carbocycles. The van der Waals surface area contributed by atoms with Gasteiger partial charge in [-0.25, -0.2) is 9.98 Å². The van der Waals surface area contributed by atoms with Crippen LogP contribution in [0.1, 0.15) is 19.4 Å². The van der Waals surface area contributed by atoms with Crippen molar-refractivity contribution in [1.29, 1.82) is 0 Å². The van der Waals surface area contributed by atoms with E-state index >= 15 is 0 Å². The van der Waals surface area contributed by atoms with Gasteiger partial charge in [0.05, 0.1) is 12.6 Å².